The van der Waals surface area contributed by atoms with Gasteiger partial charge < -0.3 is 0 Å². The molecule has 19 heavy (non-hydrogen) atoms. The van der Waals surface area contributed by atoms with E-state index in [1.807, 2.05) is 0 Å². The predicted octanol–water partition coefficient (Wildman–Crippen LogP) is 3.97. The van der Waals surface area contributed by atoms with Gasteiger partial charge in [0.25, 0.3) is 6.43 Å². The molecule has 100 valence electrons. The van der Waals surface area contributed by atoms with Crippen LogP contribution in [0.25, 0.3) is 5.57 Å². The van der Waals surface area contributed by atoms with Crippen LogP contribution in [0.4, 0.5) is 13.3 Å². The molecule has 0 unspecified atom stereocenters. The summed E-state index contributed by atoms with van der Waals surface area (Å²) in [5.74, 6) is 0. The van der Waals surface area contributed by atoms with E-state index in [4.69, 9.17) is 0 Å². The van der Waals surface area contributed by atoms with Crippen molar-refractivity contribution in [2.24, 2.45) is 5.21 Å². The van der Waals surface area contributed by atoms with E-state index in [1.165, 1.54) is 12.1 Å². The summed E-state index contributed by atoms with van der Waals surface area (Å²) in [5.41, 5.74) is 2.05. The Morgan fingerprint density at radius 2 is 2.05 bits per heavy atom. The van der Waals surface area contributed by atoms with E-state index in [2.05, 4.69) is 5.21 Å². The summed E-state index contributed by atoms with van der Waals surface area (Å²) >= 11 is 0. The van der Waals surface area contributed by atoms with Crippen LogP contribution in [0.3, 0.4) is 0 Å². The number of hydrogen-bond acceptors (Lipinski definition) is 2. The fourth-order valence-electron chi connectivity index (χ4n) is 1.56. The van der Waals surface area contributed by atoms with Crippen molar-refractivity contribution in [3.63, 3.8) is 0 Å². The number of aryl methyl sites for hydroxylation is 1. The van der Waals surface area contributed by atoms with E-state index < -0.39 is 6.43 Å². The summed E-state index contributed by atoms with van der Waals surface area (Å²) in [6.07, 6.45) is 2.07. The fraction of sp³-hybridized carbons (Fsp3) is 0.143. The number of aldehydes is 1. The molecule has 0 bridgehead atoms. The minimum absolute atomic E-state index is 0.297. The number of allylic oxidation sites excluding steroid dienone is 4. The monoisotopic (exact) mass is 267 g/mol. The predicted molar refractivity (Wildman–Crippen MR) is 69.3 cm³/mol. The van der Waals surface area contributed by atoms with E-state index in [-0.39, 0.29) is 0 Å². The molecule has 1 rings (SSSR count). The largest absolute Gasteiger partial charge is 0.298 e. The van der Waals surface area contributed by atoms with Crippen molar-refractivity contribution >= 4 is 18.1 Å². The van der Waals surface area contributed by atoms with Crippen molar-refractivity contribution in [1.29, 1.82) is 0 Å². The van der Waals surface area contributed by atoms with Crippen LogP contribution in [0.5, 0.6) is 0 Å². The van der Waals surface area contributed by atoms with Crippen LogP contribution in [-0.4, -0.2) is 18.9 Å². The summed E-state index contributed by atoms with van der Waals surface area (Å²) in [4.78, 5) is 10.8. The van der Waals surface area contributed by atoms with E-state index >= 15 is 0 Å². The van der Waals surface area contributed by atoms with Crippen LogP contribution < -0.4 is 0 Å². The summed E-state index contributed by atoms with van der Waals surface area (Å²) < 4.78 is 36.1. The van der Waals surface area contributed by atoms with Crippen molar-refractivity contribution in [2.75, 3.05) is 0 Å². The van der Waals surface area contributed by atoms with Gasteiger partial charge in [0.1, 0.15) is 6.29 Å². The molecule has 0 fully saturated rings. The molecule has 0 heterocycles. The Morgan fingerprint density at radius 3 is 2.63 bits per heavy atom. The first kappa shape index (κ1) is 14.9. The van der Waals surface area contributed by atoms with Gasteiger partial charge in [0.05, 0.1) is 6.21 Å². The zero-order valence-electron chi connectivity index (χ0n) is 10.2. The van der Waals surface area contributed by atoms with E-state index in [0.717, 1.165) is 17.9 Å². The van der Waals surface area contributed by atoms with Gasteiger partial charge in [0.2, 0.25) is 0 Å². The molecule has 0 aliphatic heterocycles. The molecule has 0 spiro atoms. The molecular weight excluding hydrogens is 255 g/mol. The molecule has 0 atom stereocenters. The van der Waals surface area contributed by atoms with Gasteiger partial charge in [0, 0.05) is 11.1 Å². The van der Waals surface area contributed by atoms with Crippen molar-refractivity contribution in [3.8, 4) is 0 Å². The van der Waals surface area contributed by atoms with Gasteiger partial charge in [-0.1, -0.05) is 27.9 Å². The molecule has 1 aromatic carbocycles. The van der Waals surface area contributed by atoms with Crippen LogP contribution in [0.15, 0.2) is 41.6 Å². The summed E-state index contributed by atoms with van der Waals surface area (Å²) in [7, 11) is 0. The second kappa shape index (κ2) is 7.31. The van der Waals surface area contributed by atoms with Gasteiger partial charge in [-0.05, 0) is 36.3 Å². The van der Waals surface area contributed by atoms with Crippen LogP contribution >= 0.6 is 0 Å². The van der Waals surface area contributed by atoms with Crippen LogP contribution in [0, 0.1) is 6.92 Å². The number of carbonyl (C=O) groups is 1. The molecule has 0 aromatic heterocycles. The van der Waals surface area contributed by atoms with E-state index in [9.17, 15) is 18.1 Å². The Hall–Kier alpha value is -2.17. The van der Waals surface area contributed by atoms with Crippen LogP contribution in [0.1, 0.15) is 21.5 Å². The second-order valence-corrected chi connectivity index (χ2v) is 3.82. The highest BCUT2D eigenvalue weighted by Gasteiger charge is 2.02. The first-order valence-electron chi connectivity index (χ1n) is 5.45. The number of benzene rings is 1. The maximum absolute atomic E-state index is 12.1. The van der Waals surface area contributed by atoms with Crippen LogP contribution in [0.2, 0.25) is 0 Å². The Labute approximate surface area is 108 Å². The van der Waals surface area contributed by atoms with Gasteiger partial charge in [0.15, 0.2) is 0 Å². The lowest BCUT2D eigenvalue weighted by Gasteiger charge is -2.04. The molecular formula is C14H12F3NO. The summed E-state index contributed by atoms with van der Waals surface area (Å²) in [5, 5.41) is 2.39. The molecule has 2 nitrogen and oxygen atoms in total. The van der Waals surface area contributed by atoms with Crippen molar-refractivity contribution in [1.82, 2.24) is 0 Å². The van der Waals surface area contributed by atoms with Gasteiger partial charge in [-0.25, -0.2) is 8.78 Å². The van der Waals surface area contributed by atoms with Gasteiger partial charge in [-0.2, -0.15) is 0 Å². The van der Waals surface area contributed by atoms with Crippen molar-refractivity contribution < 1.29 is 18.1 Å². The molecule has 0 aliphatic rings. The molecule has 1 aromatic rings. The SMILES string of the molecule is Cc1cc(C=O)cc(C(/C=N\F)=C/C=C/C(F)F)c1. The number of nitrogens with zero attached hydrogens (tertiary/aromatic N) is 1. The number of carbonyl (C=O) groups excluding carboxylic acids is 1. The molecule has 0 saturated heterocycles. The third-order valence-electron chi connectivity index (χ3n) is 2.29. The molecule has 0 aliphatic carbocycles. The number of alkyl halides is 2. The highest BCUT2D eigenvalue weighted by Crippen LogP contribution is 2.17. The zero-order chi connectivity index (χ0) is 14.3. The fourth-order valence-corrected chi connectivity index (χ4v) is 1.56. The third kappa shape index (κ3) is 4.91. The third-order valence-corrected chi connectivity index (χ3v) is 2.29. The van der Waals surface area contributed by atoms with Gasteiger partial charge in [-0.15, -0.1) is 0 Å². The molecule has 0 N–H and O–H groups in total. The Bertz CT molecular complexity index is 533. The van der Waals surface area contributed by atoms with E-state index in [1.54, 1.807) is 19.1 Å². The lowest BCUT2D eigenvalue weighted by atomic mass is 10.0. The molecule has 0 amide bonds. The highest BCUT2D eigenvalue weighted by atomic mass is 19.3. The Morgan fingerprint density at radius 1 is 1.32 bits per heavy atom. The maximum Gasteiger partial charge on any atom is 0.257 e. The van der Waals surface area contributed by atoms with Crippen molar-refractivity contribution in [2.45, 2.75) is 13.3 Å². The average Bonchev–Trinajstić information content (AvgIpc) is 2.36. The topological polar surface area (TPSA) is 29.4 Å². The first-order chi connectivity index (χ1) is 9.06. The van der Waals surface area contributed by atoms with Crippen LogP contribution in [-0.2, 0) is 0 Å². The number of halogens is 3. The summed E-state index contributed by atoms with van der Waals surface area (Å²) in [6.45, 7) is 1.77. The Balaban J connectivity index is 3.19. The van der Waals surface area contributed by atoms with Gasteiger partial charge in [-0.3, -0.25) is 4.79 Å². The minimum atomic E-state index is -2.58. The average molecular weight is 267 g/mol. The smallest absolute Gasteiger partial charge is 0.257 e. The maximum atomic E-state index is 12.1. The second-order valence-electron chi connectivity index (χ2n) is 3.82. The van der Waals surface area contributed by atoms with Gasteiger partial charge >= 0.3 is 0 Å². The lowest BCUT2D eigenvalue weighted by Crippen LogP contribution is -1.91. The standard InChI is InChI=1S/C14H12F3NO/c1-10-5-11(9-19)7-13(6-10)12(8-18-17)3-2-4-14(15)16/h2-9,14H,1H3/b4-2+,12-3+,18-8-. The minimum Gasteiger partial charge on any atom is -0.298 e. The van der Waals surface area contributed by atoms with Crippen molar-refractivity contribution in [3.05, 3.63) is 53.1 Å². The number of hydrogen-bond donors (Lipinski definition) is 0. The molecule has 0 saturated carbocycles. The number of rotatable bonds is 5. The first-order valence-corrected chi connectivity index (χ1v) is 5.45. The highest BCUT2D eigenvalue weighted by molar-refractivity contribution is 6.10. The normalized spacial score (nSPS) is 12.8. The summed E-state index contributed by atoms with van der Waals surface area (Å²) in [6, 6.07) is 4.90. The molecule has 0 radical (unpaired) electrons. The lowest BCUT2D eigenvalue weighted by molar-refractivity contribution is 0.112. The quantitative estimate of drug-likeness (QED) is 0.451. The zero-order valence-corrected chi connectivity index (χ0v) is 10.2. The Kier molecular flexibility index (Phi) is 5.73. The molecule has 5 heteroatoms. The van der Waals surface area contributed by atoms with E-state index in [0.29, 0.717) is 29.1 Å².